The molecule has 7 heteroatoms. The van der Waals surface area contributed by atoms with Crippen molar-refractivity contribution in [2.45, 2.75) is 18.9 Å². The smallest absolute Gasteiger partial charge is 0.332 e. The highest BCUT2D eigenvalue weighted by atomic mass is 79.9. The molecule has 0 bridgehead atoms. The van der Waals surface area contributed by atoms with Crippen LogP contribution >= 0.6 is 15.9 Å². The van der Waals surface area contributed by atoms with Crippen molar-refractivity contribution in [2.75, 3.05) is 24.5 Å². The third kappa shape index (κ3) is 3.54. The van der Waals surface area contributed by atoms with Gasteiger partial charge in [-0.2, -0.15) is 0 Å². The highest BCUT2D eigenvalue weighted by molar-refractivity contribution is 9.10. The minimum Gasteiger partial charge on any atom is -0.338 e. The summed E-state index contributed by atoms with van der Waals surface area (Å²) in [7, 11) is 0. The minimum atomic E-state index is -0.270. The lowest BCUT2D eigenvalue weighted by molar-refractivity contribution is -0.116. The molecule has 6 nitrogen and oxygen atoms in total. The molecule has 144 valence electrons. The maximum Gasteiger partial charge on any atom is 0.332 e. The number of hydrogen-bond donors (Lipinski definition) is 0. The van der Waals surface area contributed by atoms with Gasteiger partial charge < -0.3 is 9.80 Å². The van der Waals surface area contributed by atoms with Gasteiger partial charge in [0.1, 0.15) is 6.54 Å². The lowest BCUT2D eigenvalue weighted by Crippen LogP contribution is -2.48. The van der Waals surface area contributed by atoms with Crippen molar-refractivity contribution >= 4 is 39.5 Å². The molecule has 0 aromatic heterocycles. The predicted molar refractivity (Wildman–Crippen MR) is 109 cm³/mol. The number of likely N-dealkylation sites (tertiary alicyclic amines) is 1. The number of hydrogen-bond acceptors (Lipinski definition) is 3. The van der Waals surface area contributed by atoms with Crippen molar-refractivity contribution < 1.29 is 14.4 Å². The second-order valence-corrected chi connectivity index (χ2v) is 7.92. The maximum absolute atomic E-state index is 12.8. The fourth-order valence-corrected chi connectivity index (χ4v) is 4.06. The van der Waals surface area contributed by atoms with Crippen molar-refractivity contribution in [3.8, 4) is 0 Å². The minimum absolute atomic E-state index is 0.000636. The average Bonchev–Trinajstić information content (AvgIpc) is 3.03. The van der Waals surface area contributed by atoms with Gasteiger partial charge in [0.2, 0.25) is 0 Å². The van der Waals surface area contributed by atoms with Crippen LogP contribution < -0.4 is 4.90 Å². The Morgan fingerprint density at radius 3 is 2.21 bits per heavy atom. The van der Waals surface area contributed by atoms with Crippen LogP contribution in [0.5, 0.6) is 0 Å². The number of urea groups is 1. The molecule has 2 fully saturated rings. The van der Waals surface area contributed by atoms with Crippen LogP contribution in [0, 0.1) is 0 Å². The average molecular weight is 442 g/mol. The van der Waals surface area contributed by atoms with Gasteiger partial charge in [0, 0.05) is 29.2 Å². The van der Waals surface area contributed by atoms with Crippen LogP contribution in [0.15, 0.2) is 59.1 Å². The van der Waals surface area contributed by atoms with Crippen molar-refractivity contribution in [1.82, 2.24) is 9.80 Å². The number of carbonyl (C=O) groups is 3. The number of nitrogens with zero attached hydrogens (tertiary/aromatic N) is 3. The first-order valence-electron chi connectivity index (χ1n) is 9.28. The third-order valence-electron chi connectivity index (χ3n) is 5.29. The molecule has 0 atom stereocenters. The van der Waals surface area contributed by atoms with E-state index >= 15 is 0 Å². The van der Waals surface area contributed by atoms with Gasteiger partial charge in [-0.1, -0.05) is 34.1 Å². The number of amides is 4. The molecule has 4 amide bonds. The molecule has 0 N–H and O–H groups in total. The first-order chi connectivity index (χ1) is 13.5. The van der Waals surface area contributed by atoms with Crippen LogP contribution in [0.1, 0.15) is 23.2 Å². The molecule has 2 aliphatic rings. The van der Waals surface area contributed by atoms with Gasteiger partial charge in [-0.15, -0.1) is 0 Å². The van der Waals surface area contributed by atoms with E-state index in [1.165, 1.54) is 4.90 Å². The Morgan fingerprint density at radius 1 is 0.929 bits per heavy atom. The molecule has 2 heterocycles. The molecule has 0 aliphatic carbocycles. The Labute approximate surface area is 171 Å². The summed E-state index contributed by atoms with van der Waals surface area (Å²) in [5.74, 6) is -0.203. The summed E-state index contributed by atoms with van der Waals surface area (Å²) in [4.78, 5) is 42.6. The molecule has 2 aliphatic heterocycles. The number of benzene rings is 2. The molecular formula is C21H20BrN3O3. The summed E-state index contributed by atoms with van der Waals surface area (Å²) < 4.78 is 0.933. The van der Waals surface area contributed by atoms with E-state index in [2.05, 4.69) is 15.9 Å². The quantitative estimate of drug-likeness (QED) is 0.684. The Morgan fingerprint density at radius 2 is 1.57 bits per heavy atom. The number of anilines is 1. The lowest BCUT2D eigenvalue weighted by atomic mass is 10.0. The zero-order valence-electron chi connectivity index (χ0n) is 15.3. The van der Waals surface area contributed by atoms with Crippen molar-refractivity contribution in [3.05, 3.63) is 64.6 Å². The Kier molecular flexibility index (Phi) is 5.17. The molecular weight excluding hydrogens is 422 g/mol. The van der Waals surface area contributed by atoms with E-state index in [4.69, 9.17) is 0 Å². The van der Waals surface area contributed by atoms with Gasteiger partial charge >= 0.3 is 6.03 Å². The zero-order valence-corrected chi connectivity index (χ0v) is 16.8. The van der Waals surface area contributed by atoms with Gasteiger partial charge in [0.25, 0.3) is 11.8 Å². The van der Waals surface area contributed by atoms with Crippen LogP contribution in [-0.2, 0) is 4.79 Å². The summed E-state index contributed by atoms with van der Waals surface area (Å²) in [6.45, 7) is 1.24. The third-order valence-corrected chi connectivity index (χ3v) is 5.82. The van der Waals surface area contributed by atoms with E-state index in [0.717, 1.165) is 4.47 Å². The summed E-state index contributed by atoms with van der Waals surface area (Å²) in [5.41, 5.74) is 1.26. The Hall–Kier alpha value is -2.67. The molecule has 2 saturated heterocycles. The predicted octanol–water partition coefficient (Wildman–Crippen LogP) is 3.52. The fourth-order valence-electron chi connectivity index (χ4n) is 3.79. The van der Waals surface area contributed by atoms with Crippen LogP contribution in [0.4, 0.5) is 10.5 Å². The normalized spacial score (nSPS) is 18.1. The Balaban J connectivity index is 1.40. The van der Waals surface area contributed by atoms with Gasteiger partial charge in [-0.25, -0.2) is 9.69 Å². The maximum atomic E-state index is 12.8. The van der Waals surface area contributed by atoms with E-state index in [9.17, 15) is 14.4 Å². The summed E-state index contributed by atoms with van der Waals surface area (Å²) in [5, 5.41) is 0. The van der Waals surface area contributed by atoms with E-state index in [-0.39, 0.29) is 30.4 Å². The van der Waals surface area contributed by atoms with E-state index in [0.29, 0.717) is 37.2 Å². The highest BCUT2D eigenvalue weighted by Gasteiger charge is 2.41. The van der Waals surface area contributed by atoms with Gasteiger partial charge in [-0.05, 0) is 49.2 Å². The fraction of sp³-hybridized carbons (Fsp3) is 0.286. The first kappa shape index (κ1) is 18.7. The number of piperidine rings is 1. The van der Waals surface area contributed by atoms with Crippen LogP contribution in [0.2, 0.25) is 0 Å². The molecule has 0 saturated carbocycles. The molecule has 0 radical (unpaired) electrons. The van der Waals surface area contributed by atoms with Crippen LogP contribution in [0.25, 0.3) is 0 Å². The Bertz CT molecular complexity index is 893. The summed E-state index contributed by atoms with van der Waals surface area (Å²) in [6.07, 6.45) is 1.34. The van der Waals surface area contributed by atoms with Crippen molar-refractivity contribution in [3.63, 3.8) is 0 Å². The number of halogens is 1. The van der Waals surface area contributed by atoms with Crippen LogP contribution in [0.3, 0.4) is 0 Å². The molecule has 28 heavy (non-hydrogen) atoms. The molecule has 2 aromatic carbocycles. The lowest BCUT2D eigenvalue weighted by Gasteiger charge is -2.36. The van der Waals surface area contributed by atoms with Crippen molar-refractivity contribution in [2.24, 2.45) is 0 Å². The number of rotatable bonds is 3. The van der Waals surface area contributed by atoms with E-state index < -0.39 is 0 Å². The molecule has 2 aromatic rings. The summed E-state index contributed by atoms with van der Waals surface area (Å²) >= 11 is 3.37. The van der Waals surface area contributed by atoms with Gasteiger partial charge in [-0.3, -0.25) is 9.59 Å². The number of para-hydroxylation sites is 1. The molecule has 0 spiro atoms. The number of carbonyl (C=O) groups excluding carboxylic acids is 3. The first-order valence-corrected chi connectivity index (χ1v) is 10.1. The van der Waals surface area contributed by atoms with E-state index in [1.807, 2.05) is 35.2 Å². The largest absolute Gasteiger partial charge is 0.338 e. The standard InChI is InChI=1S/C21H20BrN3O3/c22-16-8-6-15(7-9-16)20(27)23-12-10-17(11-13-23)24-14-19(26)25(21(24)28)18-4-2-1-3-5-18/h1-9,17H,10-14H2. The van der Waals surface area contributed by atoms with E-state index in [1.54, 1.807) is 29.2 Å². The second-order valence-electron chi connectivity index (χ2n) is 7.01. The molecule has 4 rings (SSSR count). The van der Waals surface area contributed by atoms with Crippen molar-refractivity contribution in [1.29, 1.82) is 0 Å². The van der Waals surface area contributed by atoms with Gasteiger partial charge in [0.15, 0.2) is 0 Å². The number of imide groups is 1. The zero-order chi connectivity index (χ0) is 19.7. The molecule has 0 unspecified atom stereocenters. The highest BCUT2D eigenvalue weighted by Crippen LogP contribution is 2.26. The van der Waals surface area contributed by atoms with Crippen LogP contribution in [-0.4, -0.2) is 53.3 Å². The monoisotopic (exact) mass is 441 g/mol. The summed E-state index contributed by atoms with van der Waals surface area (Å²) in [6, 6.07) is 16.0. The topological polar surface area (TPSA) is 60.9 Å². The SMILES string of the molecule is O=C(c1ccc(Br)cc1)N1CCC(N2CC(=O)N(c3ccccc3)C2=O)CC1. The second kappa shape index (κ2) is 7.75. The van der Waals surface area contributed by atoms with Gasteiger partial charge in [0.05, 0.1) is 5.69 Å².